The number of carbonyl (C=O) groups is 4. The molecule has 2 N–H and O–H groups in total. The van der Waals surface area contributed by atoms with Crippen LogP contribution in [-0.4, -0.2) is 64.4 Å². The zero-order valence-electron chi connectivity index (χ0n) is 27.3. The van der Waals surface area contributed by atoms with Crippen LogP contribution < -0.4 is 10.6 Å². The van der Waals surface area contributed by atoms with Gasteiger partial charge in [-0.3, -0.25) is 9.59 Å². The van der Waals surface area contributed by atoms with Crippen LogP contribution in [0.2, 0.25) is 0 Å². The molecule has 0 heterocycles. The quantitative estimate of drug-likeness (QED) is 0.202. The van der Waals surface area contributed by atoms with Crippen LogP contribution in [0.1, 0.15) is 84.5 Å². The van der Waals surface area contributed by atoms with Gasteiger partial charge in [0.05, 0.1) is 0 Å². The summed E-state index contributed by atoms with van der Waals surface area (Å²) in [7, 11) is 0. The van der Waals surface area contributed by atoms with Crippen molar-refractivity contribution >= 4 is 36.5 Å². The molecular formula is C34H49N3O6S. The lowest BCUT2D eigenvalue weighted by Gasteiger charge is -2.35. The Hall–Kier alpha value is -3.53. The van der Waals surface area contributed by atoms with E-state index < -0.39 is 53.2 Å². The van der Waals surface area contributed by atoms with Crippen molar-refractivity contribution in [2.45, 2.75) is 104 Å². The van der Waals surface area contributed by atoms with Gasteiger partial charge in [0.2, 0.25) is 11.8 Å². The lowest BCUT2D eigenvalue weighted by molar-refractivity contribution is -0.159. The van der Waals surface area contributed by atoms with Crippen molar-refractivity contribution in [3.63, 3.8) is 0 Å². The molecule has 0 fully saturated rings. The van der Waals surface area contributed by atoms with E-state index in [9.17, 15) is 19.2 Å². The molecule has 0 aliphatic rings. The summed E-state index contributed by atoms with van der Waals surface area (Å²) < 4.78 is 11.0. The van der Waals surface area contributed by atoms with E-state index in [0.717, 1.165) is 17.5 Å². The maximum Gasteiger partial charge on any atom is 0.408 e. The Morgan fingerprint density at radius 3 is 1.89 bits per heavy atom. The third-order valence-electron chi connectivity index (χ3n) is 6.47. The number of hydrogen-bond donors (Lipinski definition) is 3. The zero-order valence-corrected chi connectivity index (χ0v) is 28.2. The third kappa shape index (κ3) is 11.9. The predicted molar refractivity (Wildman–Crippen MR) is 175 cm³/mol. The molecule has 0 aromatic heterocycles. The Bertz CT molecular complexity index is 1240. The van der Waals surface area contributed by atoms with Gasteiger partial charge < -0.3 is 25.0 Å². The van der Waals surface area contributed by atoms with E-state index in [4.69, 9.17) is 9.47 Å². The fourth-order valence-electron chi connectivity index (χ4n) is 4.52. The smallest absolute Gasteiger partial charge is 0.408 e. The minimum atomic E-state index is -1.10. The highest BCUT2D eigenvalue weighted by atomic mass is 32.1. The number of carbonyl (C=O) groups excluding carboxylic acids is 4. The fraction of sp³-hybridized carbons (Fsp3) is 0.529. The molecular weight excluding hydrogens is 578 g/mol. The summed E-state index contributed by atoms with van der Waals surface area (Å²) in [6, 6.07) is 13.6. The molecule has 0 saturated carbocycles. The molecule has 2 aromatic rings. The SMILES string of the molecule is CCCN(C(=O)C(CS)NC(=O)OC(C)(C)C)C(C(=O)NC(Cc1ccccc1)C(=O)OC(C)(C)C)c1ccc(CC)cc1. The number of rotatable bonds is 13. The largest absolute Gasteiger partial charge is 0.458 e. The number of nitrogens with zero attached hydrogens (tertiary/aromatic N) is 1. The summed E-state index contributed by atoms with van der Waals surface area (Å²) in [4.78, 5) is 55.7. The number of alkyl carbamates (subject to hydrolysis) is 1. The van der Waals surface area contributed by atoms with Gasteiger partial charge in [0.25, 0.3) is 0 Å². The van der Waals surface area contributed by atoms with Crippen LogP contribution in [0.3, 0.4) is 0 Å². The number of benzene rings is 2. The third-order valence-corrected chi connectivity index (χ3v) is 6.84. The Morgan fingerprint density at radius 1 is 0.795 bits per heavy atom. The van der Waals surface area contributed by atoms with Crippen LogP contribution in [0, 0.1) is 0 Å². The van der Waals surface area contributed by atoms with E-state index in [1.165, 1.54) is 4.90 Å². The Kier molecular flexibility index (Phi) is 13.8. The van der Waals surface area contributed by atoms with Crippen molar-refractivity contribution in [1.82, 2.24) is 15.5 Å². The number of nitrogens with one attached hydrogen (secondary N) is 2. The Morgan fingerprint density at radius 2 is 1.39 bits per heavy atom. The topological polar surface area (TPSA) is 114 Å². The first kappa shape index (κ1) is 36.7. The number of ether oxygens (including phenoxy) is 2. The van der Waals surface area contributed by atoms with Crippen molar-refractivity contribution < 1.29 is 28.7 Å². The highest BCUT2D eigenvalue weighted by Crippen LogP contribution is 2.25. The van der Waals surface area contributed by atoms with Crippen LogP contribution in [0.4, 0.5) is 4.79 Å². The second-order valence-corrected chi connectivity index (χ2v) is 13.1. The van der Waals surface area contributed by atoms with Gasteiger partial charge >= 0.3 is 12.1 Å². The van der Waals surface area contributed by atoms with Crippen LogP contribution in [0.15, 0.2) is 54.6 Å². The molecule has 0 saturated heterocycles. The van der Waals surface area contributed by atoms with Gasteiger partial charge in [-0.1, -0.05) is 68.4 Å². The monoisotopic (exact) mass is 627 g/mol. The van der Waals surface area contributed by atoms with Crippen LogP contribution in [0.25, 0.3) is 0 Å². The molecule has 0 aliphatic carbocycles. The predicted octanol–water partition coefficient (Wildman–Crippen LogP) is 5.42. The maximum absolute atomic E-state index is 14.3. The summed E-state index contributed by atoms with van der Waals surface area (Å²) in [5.41, 5.74) is 0.932. The molecule has 9 nitrogen and oxygen atoms in total. The fourth-order valence-corrected chi connectivity index (χ4v) is 4.77. The lowest BCUT2D eigenvalue weighted by atomic mass is 9.99. The summed E-state index contributed by atoms with van der Waals surface area (Å²) in [6.07, 6.45) is 0.772. The van der Waals surface area contributed by atoms with Crippen molar-refractivity contribution in [3.05, 3.63) is 71.3 Å². The normalized spacial score (nSPS) is 13.7. The second-order valence-electron chi connectivity index (χ2n) is 12.7. The van der Waals surface area contributed by atoms with Gasteiger partial charge in [-0.2, -0.15) is 12.6 Å². The van der Waals surface area contributed by atoms with E-state index in [1.54, 1.807) is 41.5 Å². The molecule has 3 amide bonds. The molecule has 3 atom stereocenters. The van der Waals surface area contributed by atoms with E-state index in [1.807, 2.05) is 68.4 Å². The second kappa shape index (κ2) is 16.5. The highest BCUT2D eigenvalue weighted by Gasteiger charge is 2.37. The molecule has 10 heteroatoms. The van der Waals surface area contributed by atoms with Crippen molar-refractivity contribution in [3.8, 4) is 0 Å². The lowest BCUT2D eigenvalue weighted by Crippen LogP contribution is -2.55. The molecule has 2 aromatic carbocycles. The van der Waals surface area contributed by atoms with Gasteiger partial charge in [-0.15, -0.1) is 0 Å². The average molecular weight is 628 g/mol. The molecule has 44 heavy (non-hydrogen) atoms. The van der Waals surface area contributed by atoms with Crippen LogP contribution in [-0.2, 0) is 36.7 Å². The molecule has 2 rings (SSSR count). The molecule has 0 bridgehead atoms. The molecule has 0 spiro atoms. The molecule has 0 aliphatic heterocycles. The molecule has 3 unspecified atom stereocenters. The van der Waals surface area contributed by atoms with Crippen molar-refractivity contribution in [2.75, 3.05) is 12.3 Å². The van der Waals surface area contributed by atoms with Gasteiger partial charge in [0, 0.05) is 18.7 Å². The summed E-state index contributed by atoms with van der Waals surface area (Å²) >= 11 is 4.34. The van der Waals surface area contributed by atoms with Gasteiger partial charge in [-0.05, 0) is 71.1 Å². The minimum absolute atomic E-state index is 0.0179. The van der Waals surface area contributed by atoms with Crippen molar-refractivity contribution in [2.24, 2.45) is 0 Å². The Labute approximate surface area is 267 Å². The van der Waals surface area contributed by atoms with E-state index >= 15 is 0 Å². The number of thiol groups is 1. The summed E-state index contributed by atoms with van der Waals surface area (Å²) in [6.45, 7) is 14.6. The van der Waals surface area contributed by atoms with E-state index in [-0.39, 0.29) is 18.7 Å². The van der Waals surface area contributed by atoms with Gasteiger partial charge in [0.15, 0.2) is 0 Å². The first-order valence-corrected chi connectivity index (χ1v) is 15.8. The highest BCUT2D eigenvalue weighted by molar-refractivity contribution is 7.80. The number of hydrogen-bond acceptors (Lipinski definition) is 7. The maximum atomic E-state index is 14.3. The van der Waals surface area contributed by atoms with E-state index in [0.29, 0.717) is 12.0 Å². The summed E-state index contributed by atoms with van der Waals surface area (Å²) in [5.74, 6) is -1.64. The number of esters is 1. The van der Waals surface area contributed by atoms with Gasteiger partial charge in [-0.25, -0.2) is 9.59 Å². The molecule has 0 radical (unpaired) electrons. The minimum Gasteiger partial charge on any atom is -0.458 e. The average Bonchev–Trinajstić information content (AvgIpc) is 2.94. The van der Waals surface area contributed by atoms with E-state index in [2.05, 4.69) is 23.3 Å². The van der Waals surface area contributed by atoms with Crippen molar-refractivity contribution in [1.29, 1.82) is 0 Å². The van der Waals surface area contributed by atoms with Crippen LogP contribution >= 0.6 is 12.6 Å². The zero-order chi connectivity index (χ0) is 33.1. The number of aryl methyl sites for hydroxylation is 1. The van der Waals surface area contributed by atoms with Crippen LogP contribution in [0.5, 0.6) is 0 Å². The first-order valence-electron chi connectivity index (χ1n) is 15.1. The number of amides is 3. The molecule has 242 valence electrons. The van der Waals surface area contributed by atoms with Gasteiger partial charge in [0.1, 0.15) is 29.3 Å². The first-order chi connectivity index (χ1) is 20.6. The Balaban J connectivity index is 2.53. The summed E-state index contributed by atoms with van der Waals surface area (Å²) in [5, 5.41) is 5.51. The standard InChI is InChI=1S/C34H49N3O6S/c1-9-20-37(30(39)27(22-44)36-32(41)43-34(6,7)8)28(25-18-16-23(10-2)17-19-25)29(38)35-26(31(40)42-33(3,4)5)21-24-14-12-11-13-15-24/h11-19,26-28,44H,9-10,20-22H2,1-8H3,(H,35,38)(H,36,41).